The second-order valence-electron chi connectivity index (χ2n) is 3.04. The van der Waals surface area contributed by atoms with Gasteiger partial charge in [-0.05, 0) is 12.1 Å². The predicted octanol–water partition coefficient (Wildman–Crippen LogP) is 1.50. The Morgan fingerprint density at radius 2 is 2.24 bits per heavy atom. The normalized spacial score (nSPS) is 10.5. The Hall–Kier alpha value is -2.44. The number of nitro groups is 1. The monoisotopic (exact) mass is 240 g/mol. The third-order valence-electron chi connectivity index (χ3n) is 1.95. The number of nitro benzene ring substituents is 1. The second kappa shape index (κ2) is 5.06. The fraction of sp³-hybridized carbons (Fsp3) is 0.100. The summed E-state index contributed by atoms with van der Waals surface area (Å²) in [6.45, 7) is 0. The van der Waals surface area contributed by atoms with Gasteiger partial charge in [-0.2, -0.15) is 0 Å². The molecule has 0 amide bonds. The number of ether oxygens (including phenoxy) is 1. The number of nitrogens with two attached hydrogens (primary N) is 1. The number of hydrogen-bond acceptors (Lipinski definition) is 5. The van der Waals surface area contributed by atoms with Crippen molar-refractivity contribution in [3.8, 4) is 0 Å². The first kappa shape index (κ1) is 12.6. The molecule has 1 aromatic carbocycles. The largest absolute Gasteiger partial charge is 0.466 e. The molecule has 0 atom stereocenters. The van der Waals surface area contributed by atoms with E-state index in [-0.39, 0.29) is 11.3 Å². The summed E-state index contributed by atoms with van der Waals surface area (Å²) < 4.78 is 17.4. The minimum Gasteiger partial charge on any atom is -0.466 e. The highest BCUT2D eigenvalue weighted by Crippen LogP contribution is 2.27. The maximum atomic E-state index is 13.1. The topological polar surface area (TPSA) is 95.5 Å². The maximum Gasteiger partial charge on any atom is 0.330 e. The van der Waals surface area contributed by atoms with E-state index in [2.05, 4.69) is 4.74 Å². The third kappa shape index (κ3) is 3.00. The Balaban J connectivity index is 3.21. The van der Waals surface area contributed by atoms with Crippen LogP contribution in [0.5, 0.6) is 0 Å². The lowest BCUT2D eigenvalue weighted by Gasteiger charge is -2.02. The van der Waals surface area contributed by atoms with E-state index < -0.39 is 22.4 Å². The Labute approximate surface area is 95.6 Å². The predicted molar refractivity (Wildman–Crippen MR) is 58.5 cm³/mol. The fourth-order valence-electron chi connectivity index (χ4n) is 1.14. The molecule has 0 spiro atoms. The van der Waals surface area contributed by atoms with Gasteiger partial charge in [0.25, 0.3) is 5.69 Å². The molecule has 0 saturated heterocycles. The van der Waals surface area contributed by atoms with Crippen LogP contribution in [0.1, 0.15) is 5.56 Å². The lowest BCUT2D eigenvalue weighted by molar-refractivity contribution is -0.384. The zero-order chi connectivity index (χ0) is 13.0. The first-order valence-electron chi connectivity index (χ1n) is 4.45. The van der Waals surface area contributed by atoms with Gasteiger partial charge in [-0.1, -0.05) is 0 Å². The van der Waals surface area contributed by atoms with Crippen molar-refractivity contribution in [1.29, 1.82) is 0 Å². The Kier molecular flexibility index (Phi) is 3.76. The highest BCUT2D eigenvalue weighted by Gasteiger charge is 2.16. The maximum absolute atomic E-state index is 13.1. The number of anilines is 1. The summed E-state index contributed by atoms with van der Waals surface area (Å²) in [6.07, 6.45) is 2.14. The molecular weight excluding hydrogens is 231 g/mol. The van der Waals surface area contributed by atoms with Crippen LogP contribution in [0.15, 0.2) is 18.2 Å². The standard InChI is InChI=1S/C10H9FN2O4/c1-17-9(14)3-2-6-4-7(11)5-8(10(6)12)13(15)16/h2-5H,12H2,1H3. The van der Waals surface area contributed by atoms with Crippen LogP contribution in [0.2, 0.25) is 0 Å². The molecule has 1 rings (SSSR count). The van der Waals surface area contributed by atoms with Crippen molar-refractivity contribution < 1.29 is 18.8 Å². The first-order chi connectivity index (χ1) is 7.95. The van der Waals surface area contributed by atoms with Crippen molar-refractivity contribution in [3.05, 3.63) is 39.7 Å². The molecule has 17 heavy (non-hydrogen) atoms. The minimum absolute atomic E-state index is 0.0436. The number of methoxy groups -OCH3 is 1. The second-order valence-corrected chi connectivity index (χ2v) is 3.04. The molecule has 0 heterocycles. The van der Waals surface area contributed by atoms with E-state index in [9.17, 15) is 19.3 Å². The summed E-state index contributed by atoms with van der Waals surface area (Å²) in [4.78, 5) is 20.6. The van der Waals surface area contributed by atoms with Gasteiger partial charge in [0.15, 0.2) is 0 Å². The molecule has 0 aromatic heterocycles. The molecule has 6 nitrogen and oxygen atoms in total. The number of carbonyl (C=O) groups is 1. The average molecular weight is 240 g/mol. The van der Waals surface area contributed by atoms with Gasteiger partial charge in [0.2, 0.25) is 0 Å². The molecule has 0 fully saturated rings. The molecule has 1 aromatic rings. The van der Waals surface area contributed by atoms with Crippen LogP contribution >= 0.6 is 0 Å². The Morgan fingerprint density at radius 1 is 1.59 bits per heavy atom. The van der Waals surface area contributed by atoms with Gasteiger partial charge in [0.05, 0.1) is 18.1 Å². The SMILES string of the molecule is COC(=O)C=Cc1cc(F)cc([N+](=O)[O-])c1N. The number of nitrogen functional groups attached to an aromatic ring is 1. The zero-order valence-electron chi connectivity index (χ0n) is 8.84. The van der Waals surface area contributed by atoms with E-state index in [1.54, 1.807) is 0 Å². The molecule has 0 bridgehead atoms. The Bertz CT molecular complexity index is 499. The van der Waals surface area contributed by atoms with Gasteiger partial charge in [-0.25, -0.2) is 9.18 Å². The summed E-state index contributed by atoms with van der Waals surface area (Å²) in [5.74, 6) is -1.48. The number of esters is 1. The summed E-state index contributed by atoms with van der Waals surface area (Å²) in [5.41, 5.74) is 4.75. The highest BCUT2D eigenvalue weighted by molar-refractivity contribution is 5.89. The summed E-state index contributed by atoms with van der Waals surface area (Å²) >= 11 is 0. The van der Waals surface area contributed by atoms with E-state index >= 15 is 0 Å². The van der Waals surface area contributed by atoms with Gasteiger partial charge >= 0.3 is 5.97 Å². The van der Waals surface area contributed by atoms with Crippen LogP contribution < -0.4 is 5.73 Å². The highest BCUT2D eigenvalue weighted by atomic mass is 19.1. The van der Waals surface area contributed by atoms with Crippen LogP contribution in [-0.4, -0.2) is 18.0 Å². The quantitative estimate of drug-likeness (QED) is 0.284. The van der Waals surface area contributed by atoms with Crippen molar-refractivity contribution >= 4 is 23.4 Å². The number of hydrogen-bond donors (Lipinski definition) is 1. The van der Waals surface area contributed by atoms with E-state index in [4.69, 9.17) is 5.73 Å². The number of benzene rings is 1. The molecular formula is C10H9FN2O4. The average Bonchev–Trinajstić information content (AvgIpc) is 2.28. The van der Waals surface area contributed by atoms with Gasteiger partial charge in [-0.15, -0.1) is 0 Å². The first-order valence-corrected chi connectivity index (χ1v) is 4.45. The van der Waals surface area contributed by atoms with Gasteiger partial charge in [-0.3, -0.25) is 10.1 Å². The molecule has 0 unspecified atom stereocenters. The fourth-order valence-corrected chi connectivity index (χ4v) is 1.14. The Morgan fingerprint density at radius 3 is 2.76 bits per heavy atom. The number of carbonyl (C=O) groups excluding carboxylic acids is 1. The lowest BCUT2D eigenvalue weighted by atomic mass is 10.1. The van der Waals surface area contributed by atoms with E-state index in [1.165, 1.54) is 7.11 Å². The molecule has 2 N–H and O–H groups in total. The number of halogens is 1. The third-order valence-corrected chi connectivity index (χ3v) is 1.95. The van der Waals surface area contributed by atoms with Gasteiger partial charge in [0.1, 0.15) is 11.5 Å². The van der Waals surface area contributed by atoms with Crippen molar-refractivity contribution in [2.45, 2.75) is 0 Å². The molecule has 7 heteroatoms. The summed E-state index contributed by atoms with van der Waals surface area (Å²) in [6, 6.07) is 1.70. The number of nitrogens with zero attached hydrogens (tertiary/aromatic N) is 1. The van der Waals surface area contributed by atoms with Gasteiger partial charge < -0.3 is 10.5 Å². The van der Waals surface area contributed by atoms with Crippen LogP contribution in [0.4, 0.5) is 15.8 Å². The van der Waals surface area contributed by atoms with Crippen molar-refractivity contribution in [3.63, 3.8) is 0 Å². The van der Waals surface area contributed by atoms with Gasteiger partial charge in [0, 0.05) is 11.6 Å². The number of rotatable bonds is 3. The van der Waals surface area contributed by atoms with Crippen molar-refractivity contribution in [2.75, 3.05) is 12.8 Å². The van der Waals surface area contributed by atoms with E-state index in [0.717, 1.165) is 18.2 Å². The van der Waals surface area contributed by atoms with Crippen molar-refractivity contribution in [2.24, 2.45) is 0 Å². The van der Waals surface area contributed by atoms with Crippen LogP contribution in [-0.2, 0) is 9.53 Å². The van der Waals surface area contributed by atoms with Crippen LogP contribution in [0.3, 0.4) is 0 Å². The summed E-state index contributed by atoms with van der Waals surface area (Å²) in [7, 11) is 1.17. The molecule has 0 aliphatic carbocycles. The molecule has 90 valence electrons. The molecule has 0 radical (unpaired) electrons. The molecule has 0 aliphatic rings. The van der Waals surface area contributed by atoms with E-state index in [0.29, 0.717) is 6.07 Å². The van der Waals surface area contributed by atoms with Crippen molar-refractivity contribution in [1.82, 2.24) is 0 Å². The molecule has 0 saturated carbocycles. The lowest BCUT2D eigenvalue weighted by Crippen LogP contribution is -2.00. The summed E-state index contributed by atoms with van der Waals surface area (Å²) in [5, 5.41) is 10.6. The minimum atomic E-state index is -0.810. The smallest absolute Gasteiger partial charge is 0.330 e. The van der Waals surface area contributed by atoms with Crippen LogP contribution in [0, 0.1) is 15.9 Å². The van der Waals surface area contributed by atoms with Crippen LogP contribution in [0.25, 0.3) is 6.08 Å². The van der Waals surface area contributed by atoms with E-state index in [1.807, 2.05) is 0 Å². The molecule has 0 aliphatic heterocycles. The zero-order valence-corrected chi connectivity index (χ0v) is 8.84.